The third-order valence-corrected chi connectivity index (χ3v) is 6.84. The minimum atomic E-state index is -0.0178. The van der Waals surface area contributed by atoms with Crippen LogP contribution in [0.25, 0.3) is 0 Å². The highest BCUT2D eigenvalue weighted by atomic mass is 16.5. The Hall–Kier alpha value is -2.06. The van der Waals surface area contributed by atoms with Crippen LogP contribution < -0.4 is 10.1 Å². The molecule has 0 heterocycles. The zero-order valence-electron chi connectivity index (χ0n) is 17.6. The van der Waals surface area contributed by atoms with Gasteiger partial charge >= 0.3 is 0 Å². The van der Waals surface area contributed by atoms with E-state index in [0.717, 1.165) is 18.7 Å². The molecule has 0 bridgehead atoms. The quantitative estimate of drug-likeness (QED) is 0.588. The molecule has 0 saturated carbocycles. The Morgan fingerprint density at radius 1 is 1.18 bits per heavy atom. The molecule has 0 saturated heterocycles. The number of hydrogen-bond acceptors (Lipinski definition) is 2. The van der Waals surface area contributed by atoms with Gasteiger partial charge in [-0.25, -0.2) is 0 Å². The monoisotopic (exact) mass is 375 g/mol. The van der Waals surface area contributed by atoms with E-state index in [-0.39, 0.29) is 5.54 Å². The molecule has 2 aromatic carbocycles. The fourth-order valence-electron chi connectivity index (χ4n) is 5.31. The molecule has 0 aliphatic heterocycles. The molecule has 2 nitrogen and oxygen atoms in total. The van der Waals surface area contributed by atoms with Gasteiger partial charge in [0.05, 0.1) is 7.11 Å². The maximum Gasteiger partial charge on any atom is 0.119 e. The SMILES string of the molecule is C=C(C)CC1CC[C@H]2CC[C@](C)(NCc3ccccc3)c3cc(OC)cc1c32. The first kappa shape index (κ1) is 19.3. The summed E-state index contributed by atoms with van der Waals surface area (Å²) in [5.74, 6) is 2.27. The van der Waals surface area contributed by atoms with E-state index in [0.29, 0.717) is 11.8 Å². The van der Waals surface area contributed by atoms with Crippen molar-refractivity contribution in [2.24, 2.45) is 0 Å². The first-order chi connectivity index (χ1) is 13.5. The minimum absolute atomic E-state index is 0.0178. The molecule has 2 aromatic rings. The molecular weight excluding hydrogens is 342 g/mol. The van der Waals surface area contributed by atoms with E-state index < -0.39 is 0 Å². The Labute approximate surface area is 170 Å². The van der Waals surface area contributed by atoms with Gasteiger partial charge in [0.25, 0.3) is 0 Å². The van der Waals surface area contributed by atoms with Gasteiger partial charge in [-0.05, 0) is 92.2 Å². The van der Waals surface area contributed by atoms with Crippen LogP contribution in [0.3, 0.4) is 0 Å². The van der Waals surface area contributed by atoms with Crippen molar-refractivity contribution >= 4 is 0 Å². The normalized spacial score (nSPS) is 25.8. The largest absolute Gasteiger partial charge is 0.497 e. The van der Waals surface area contributed by atoms with Gasteiger partial charge in [0.2, 0.25) is 0 Å². The van der Waals surface area contributed by atoms with Crippen molar-refractivity contribution < 1.29 is 4.74 Å². The molecule has 1 N–H and O–H groups in total. The summed E-state index contributed by atoms with van der Waals surface area (Å²) < 4.78 is 5.74. The topological polar surface area (TPSA) is 21.3 Å². The van der Waals surface area contributed by atoms with Gasteiger partial charge in [-0.2, -0.15) is 0 Å². The number of benzene rings is 2. The summed E-state index contributed by atoms with van der Waals surface area (Å²) in [6.07, 6.45) is 6.10. The summed E-state index contributed by atoms with van der Waals surface area (Å²) in [5.41, 5.74) is 7.17. The predicted molar refractivity (Wildman–Crippen MR) is 117 cm³/mol. The smallest absolute Gasteiger partial charge is 0.119 e. The van der Waals surface area contributed by atoms with Crippen LogP contribution in [-0.4, -0.2) is 7.11 Å². The Bertz CT molecular complexity index is 856. The van der Waals surface area contributed by atoms with Gasteiger partial charge in [-0.3, -0.25) is 0 Å². The van der Waals surface area contributed by atoms with Crippen molar-refractivity contribution in [3.63, 3.8) is 0 Å². The van der Waals surface area contributed by atoms with Crippen LogP contribution >= 0.6 is 0 Å². The van der Waals surface area contributed by atoms with Gasteiger partial charge < -0.3 is 10.1 Å². The molecule has 2 heteroatoms. The van der Waals surface area contributed by atoms with Crippen molar-refractivity contribution in [1.82, 2.24) is 5.32 Å². The van der Waals surface area contributed by atoms with E-state index in [4.69, 9.17) is 4.74 Å². The van der Waals surface area contributed by atoms with E-state index in [1.807, 2.05) is 0 Å². The Kier molecular flexibility index (Phi) is 5.33. The van der Waals surface area contributed by atoms with Crippen molar-refractivity contribution in [3.8, 4) is 5.75 Å². The van der Waals surface area contributed by atoms with Crippen LogP contribution in [0.1, 0.15) is 80.0 Å². The molecule has 148 valence electrons. The lowest BCUT2D eigenvalue weighted by Gasteiger charge is -2.45. The fourth-order valence-corrected chi connectivity index (χ4v) is 5.31. The van der Waals surface area contributed by atoms with Crippen LogP contribution in [0.5, 0.6) is 5.75 Å². The Balaban J connectivity index is 1.73. The Morgan fingerprint density at radius 2 is 1.96 bits per heavy atom. The highest BCUT2D eigenvalue weighted by Crippen LogP contribution is 2.52. The molecule has 0 radical (unpaired) electrons. The van der Waals surface area contributed by atoms with E-state index >= 15 is 0 Å². The first-order valence-corrected chi connectivity index (χ1v) is 10.7. The number of hydrogen-bond donors (Lipinski definition) is 1. The zero-order chi connectivity index (χ0) is 19.7. The molecule has 1 unspecified atom stereocenters. The van der Waals surface area contributed by atoms with Crippen LogP contribution in [0.15, 0.2) is 54.6 Å². The standard InChI is InChI=1S/C26H33NO/c1-18(2)14-21-11-10-20-12-13-26(3,27-17-19-8-6-5-7-9-19)24-16-22(28-4)15-23(21)25(20)24/h5-9,15-16,20-21,27H,1,10-14,17H2,2-4H3/t20-,21?,26-/m0/s1. The lowest BCUT2D eigenvalue weighted by atomic mass is 9.64. The molecule has 0 spiro atoms. The number of nitrogens with one attached hydrogen (secondary N) is 1. The minimum Gasteiger partial charge on any atom is -0.497 e. The maximum absolute atomic E-state index is 5.74. The summed E-state index contributed by atoms with van der Waals surface area (Å²) in [6.45, 7) is 9.62. The average molecular weight is 376 g/mol. The summed E-state index contributed by atoms with van der Waals surface area (Å²) >= 11 is 0. The van der Waals surface area contributed by atoms with E-state index in [1.54, 1.807) is 12.7 Å². The van der Waals surface area contributed by atoms with Crippen molar-refractivity contribution in [2.45, 2.75) is 69.9 Å². The van der Waals surface area contributed by atoms with Crippen LogP contribution in [0, 0.1) is 0 Å². The summed E-state index contributed by atoms with van der Waals surface area (Å²) in [4.78, 5) is 0. The van der Waals surface area contributed by atoms with E-state index in [2.05, 4.69) is 68.2 Å². The second-order valence-corrected chi connectivity index (χ2v) is 9.02. The molecular formula is C26H33NO. The third kappa shape index (κ3) is 3.63. The maximum atomic E-state index is 5.74. The van der Waals surface area contributed by atoms with Gasteiger partial charge in [-0.15, -0.1) is 6.58 Å². The Morgan fingerprint density at radius 3 is 2.68 bits per heavy atom. The van der Waals surface area contributed by atoms with Crippen LogP contribution in [0.2, 0.25) is 0 Å². The second kappa shape index (κ2) is 7.75. The molecule has 3 atom stereocenters. The summed E-state index contributed by atoms with van der Waals surface area (Å²) in [6, 6.07) is 15.3. The molecule has 4 rings (SSSR count). The third-order valence-electron chi connectivity index (χ3n) is 6.84. The molecule has 0 fully saturated rings. The van der Waals surface area contributed by atoms with Gasteiger partial charge in [0.15, 0.2) is 0 Å². The number of allylic oxidation sites excluding steroid dienone is 1. The van der Waals surface area contributed by atoms with Crippen LogP contribution in [-0.2, 0) is 12.1 Å². The number of ether oxygens (including phenoxy) is 1. The second-order valence-electron chi connectivity index (χ2n) is 9.02. The molecule has 28 heavy (non-hydrogen) atoms. The first-order valence-electron chi connectivity index (χ1n) is 10.7. The van der Waals surface area contributed by atoms with Gasteiger partial charge in [0, 0.05) is 12.1 Å². The average Bonchev–Trinajstić information content (AvgIpc) is 2.71. The van der Waals surface area contributed by atoms with Crippen molar-refractivity contribution in [2.75, 3.05) is 7.11 Å². The van der Waals surface area contributed by atoms with Gasteiger partial charge in [0.1, 0.15) is 5.75 Å². The van der Waals surface area contributed by atoms with Crippen molar-refractivity contribution in [3.05, 3.63) is 76.9 Å². The van der Waals surface area contributed by atoms with E-state index in [9.17, 15) is 0 Å². The van der Waals surface area contributed by atoms with Crippen LogP contribution in [0.4, 0.5) is 0 Å². The molecule has 2 aliphatic rings. The molecule has 2 aliphatic carbocycles. The summed E-state index contributed by atoms with van der Waals surface area (Å²) in [7, 11) is 1.79. The zero-order valence-corrected chi connectivity index (χ0v) is 17.6. The fraction of sp³-hybridized carbons (Fsp3) is 0.462. The number of rotatable bonds is 6. The van der Waals surface area contributed by atoms with Crippen molar-refractivity contribution in [1.29, 1.82) is 0 Å². The highest BCUT2D eigenvalue weighted by Gasteiger charge is 2.40. The molecule has 0 amide bonds. The number of methoxy groups -OCH3 is 1. The van der Waals surface area contributed by atoms with E-state index in [1.165, 1.54) is 47.9 Å². The lowest BCUT2D eigenvalue weighted by molar-refractivity contribution is 0.274. The predicted octanol–water partition coefficient (Wildman–Crippen LogP) is 6.42. The highest BCUT2D eigenvalue weighted by molar-refractivity contribution is 5.52. The molecule has 0 aromatic heterocycles. The lowest BCUT2D eigenvalue weighted by Crippen LogP contribution is -2.43. The van der Waals surface area contributed by atoms with Gasteiger partial charge in [-0.1, -0.05) is 35.9 Å². The summed E-state index contributed by atoms with van der Waals surface area (Å²) in [5, 5.41) is 3.90.